The summed E-state index contributed by atoms with van der Waals surface area (Å²) in [5.41, 5.74) is 0.237. The lowest BCUT2D eigenvalue weighted by atomic mass is 10.2. The molecule has 0 unspecified atom stereocenters. The molecule has 0 N–H and O–H groups in total. The van der Waals surface area contributed by atoms with Gasteiger partial charge in [0, 0.05) is 26.0 Å². The molecule has 7 nitrogen and oxygen atoms in total. The molecule has 2 heterocycles. The van der Waals surface area contributed by atoms with Crippen LogP contribution in [0.5, 0.6) is 11.6 Å². The summed E-state index contributed by atoms with van der Waals surface area (Å²) in [4.78, 5) is 24.4. The minimum absolute atomic E-state index is 0.157. The standard InChI is InChI=1S/C19H10BrClN4O3S/c20-14-7-8-15(16-13(14)2-1-9-22-16)28-18-17(25(26)27)19(24-10-23-18)29-12-5-3-11(21)4-6-12/h1-10H. The summed E-state index contributed by atoms with van der Waals surface area (Å²) in [5.74, 6) is 0.198. The minimum atomic E-state index is -0.554. The predicted molar refractivity (Wildman–Crippen MR) is 114 cm³/mol. The van der Waals surface area contributed by atoms with Gasteiger partial charge in [-0.1, -0.05) is 45.4 Å². The highest BCUT2D eigenvalue weighted by Gasteiger charge is 2.26. The lowest BCUT2D eigenvalue weighted by molar-refractivity contribution is -0.389. The van der Waals surface area contributed by atoms with E-state index < -0.39 is 4.92 Å². The topological polar surface area (TPSA) is 91.0 Å². The fourth-order valence-corrected chi connectivity index (χ4v) is 4.00. The summed E-state index contributed by atoms with van der Waals surface area (Å²) in [6, 6.07) is 14.0. The van der Waals surface area contributed by atoms with E-state index in [0.717, 1.165) is 26.5 Å². The van der Waals surface area contributed by atoms with Crippen molar-refractivity contribution in [3.8, 4) is 11.6 Å². The van der Waals surface area contributed by atoms with Gasteiger partial charge in [-0.3, -0.25) is 15.1 Å². The minimum Gasteiger partial charge on any atom is -0.431 e. The zero-order chi connectivity index (χ0) is 20.4. The van der Waals surface area contributed by atoms with E-state index in [2.05, 4.69) is 30.9 Å². The smallest absolute Gasteiger partial charge is 0.363 e. The van der Waals surface area contributed by atoms with E-state index in [1.807, 2.05) is 6.07 Å². The summed E-state index contributed by atoms with van der Waals surface area (Å²) in [6.45, 7) is 0. The summed E-state index contributed by atoms with van der Waals surface area (Å²) >= 11 is 10.5. The van der Waals surface area contributed by atoms with Crippen LogP contribution in [0.1, 0.15) is 0 Å². The van der Waals surface area contributed by atoms with Crippen LogP contribution in [0.2, 0.25) is 5.02 Å². The summed E-state index contributed by atoms with van der Waals surface area (Å²) in [7, 11) is 0. The number of hydrogen-bond acceptors (Lipinski definition) is 7. The molecule has 0 aliphatic rings. The fourth-order valence-electron chi connectivity index (χ4n) is 2.57. The Morgan fingerprint density at radius 1 is 1.07 bits per heavy atom. The van der Waals surface area contributed by atoms with Gasteiger partial charge in [-0.05, 0) is 42.5 Å². The van der Waals surface area contributed by atoms with Crippen LogP contribution in [0.4, 0.5) is 5.69 Å². The van der Waals surface area contributed by atoms with Crippen LogP contribution in [0.25, 0.3) is 10.9 Å². The first-order chi connectivity index (χ1) is 14.0. The molecule has 0 atom stereocenters. The van der Waals surface area contributed by atoms with Crippen LogP contribution in [0.3, 0.4) is 0 Å². The van der Waals surface area contributed by atoms with E-state index in [4.69, 9.17) is 16.3 Å². The second-order valence-corrected chi connectivity index (χ2v) is 8.05. The summed E-state index contributed by atoms with van der Waals surface area (Å²) in [6.07, 6.45) is 2.85. The highest BCUT2D eigenvalue weighted by Crippen LogP contribution is 2.41. The Morgan fingerprint density at radius 3 is 2.62 bits per heavy atom. The van der Waals surface area contributed by atoms with E-state index >= 15 is 0 Å². The van der Waals surface area contributed by atoms with Crippen LogP contribution in [0, 0.1) is 10.1 Å². The Morgan fingerprint density at radius 2 is 1.86 bits per heavy atom. The highest BCUT2D eigenvalue weighted by atomic mass is 79.9. The molecule has 0 saturated carbocycles. The van der Waals surface area contributed by atoms with Gasteiger partial charge >= 0.3 is 11.6 Å². The Balaban J connectivity index is 1.76. The van der Waals surface area contributed by atoms with Crippen molar-refractivity contribution in [3.05, 3.63) is 80.7 Å². The molecule has 0 amide bonds. The number of halogens is 2. The first-order valence-electron chi connectivity index (χ1n) is 8.17. The van der Waals surface area contributed by atoms with Gasteiger partial charge in [-0.15, -0.1) is 0 Å². The largest absolute Gasteiger partial charge is 0.431 e. The van der Waals surface area contributed by atoms with Crippen molar-refractivity contribution < 1.29 is 9.66 Å². The molecule has 4 rings (SSSR count). The number of hydrogen-bond donors (Lipinski definition) is 0. The van der Waals surface area contributed by atoms with Gasteiger partial charge < -0.3 is 4.74 Å². The lowest BCUT2D eigenvalue weighted by Crippen LogP contribution is -2.00. The van der Waals surface area contributed by atoms with Crippen molar-refractivity contribution in [3.63, 3.8) is 0 Å². The number of ether oxygens (including phenoxy) is 1. The van der Waals surface area contributed by atoms with Gasteiger partial charge in [0.2, 0.25) is 0 Å². The zero-order valence-electron chi connectivity index (χ0n) is 14.5. The van der Waals surface area contributed by atoms with Crippen molar-refractivity contribution in [1.29, 1.82) is 0 Å². The van der Waals surface area contributed by atoms with Gasteiger partial charge in [-0.25, -0.2) is 4.98 Å². The van der Waals surface area contributed by atoms with E-state index in [1.165, 1.54) is 6.33 Å². The average molecular weight is 490 g/mol. The number of fused-ring (bicyclic) bond motifs is 1. The molecule has 4 aromatic rings. The monoisotopic (exact) mass is 488 g/mol. The van der Waals surface area contributed by atoms with Crippen molar-refractivity contribution in [2.24, 2.45) is 0 Å². The van der Waals surface area contributed by atoms with Crippen LogP contribution in [0.15, 0.2) is 75.4 Å². The molecule has 2 aromatic carbocycles. The second-order valence-electron chi connectivity index (χ2n) is 5.69. The average Bonchev–Trinajstić information content (AvgIpc) is 2.72. The van der Waals surface area contributed by atoms with E-state index in [0.29, 0.717) is 16.3 Å². The molecule has 144 valence electrons. The Kier molecular flexibility index (Phi) is 5.61. The maximum atomic E-state index is 11.8. The Bertz CT molecular complexity index is 1220. The molecule has 0 saturated heterocycles. The number of pyridine rings is 1. The van der Waals surface area contributed by atoms with E-state index in [1.54, 1.807) is 48.7 Å². The molecule has 29 heavy (non-hydrogen) atoms. The third-order valence-electron chi connectivity index (χ3n) is 3.85. The zero-order valence-corrected chi connectivity index (χ0v) is 17.6. The van der Waals surface area contributed by atoms with Crippen molar-refractivity contribution >= 4 is 55.9 Å². The van der Waals surface area contributed by atoms with Crippen LogP contribution in [-0.4, -0.2) is 19.9 Å². The molecule has 0 bridgehead atoms. The molecular formula is C19H10BrClN4O3S. The lowest BCUT2D eigenvalue weighted by Gasteiger charge is -2.10. The van der Waals surface area contributed by atoms with Gasteiger partial charge in [0.1, 0.15) is 11.8 Å². The first-order valence-corrected chi connectivity index (χ1v) is 10.2. The summed E-state index contributed by atoms with van der Waals surface area (Å²) in [5, 5.41) is 13.3. The molecule has 2 aromatic heterocycles. The molecule has 10 heteroatoms. The molecular weight excluding hydrogens is 480 g/mol. The number of aromatic nitrogens is 3. The molecule has 0 radical (unpaired) electrons. The third kappa shape index (κ3) is 4.16. The number of nitrogens with zero attached hydrogens (tertiary/aromatic N) is 4. The molecule has 0 spiro atoms. The van der Waals surface area contributed by atoms with Gasteiger partial charge in [0.15, 0.2) is 10.8 Å². The first kappa shape index (κ1) is 19.6. The highest BCUT2D eigenvalue weighted by molar-refractivity contribution is 9.10. The van der Waals surface area contributed by atoms with E-state index in [9.17, 15) is 10.1 Å². The maximum Gasteiger partial charge on any atom is 0.363 e. The molecule has 0 fully saturated rings. The quantitative estimate of drug-likeness (QED) is 0.185. The van der Waals surface area contributed by atoms with Gasteiger partial charge in [0.25, 0.3) is 0 Å². The molecule has 0 aliphatic heterocycles. The number of benzene rings is 2. The van der Waals surface area contributed by atoms with Crippen molar-refractivity contribution in [1.82, 2.24) is 15.0 Å². The Hall–Kier alpha value is -2.75. The van der Waals surface area contributed by atoms with E-state index in [-0.39, 0.29) is 16.6 Å². The normalized spacial score (nSPS) is 10.8. The third-order valence-corrected chi connectivity index (χ3v) is 5.80. The van der Waals surface area contributed by atoms with Crippen molar-refractivity contribution in [2.75, 3.05) is 0 Å². The van der Waals surface area contributed by atoms with Crippen LogP contribution >= 0.6 is 39.3 Å². The predicted octanol–water partition coefficient (Wildman–Crippen LogP) is 6.29. The van der Waals surface area contributed by atoms with Crippen molar-refractivity contribution in [2.45, 2.75) is 9.92 Å². The molecule has 0 aliphatic carbocycles. The second kappa shape index (κ2) is 8.32. The van der Waals surface area contributed by atoms with Gasteiger partial charge in [-0.2, -0.15) is 4.98 Å². The maximum absolute atomic E-state index is 11.8. The SMILES string of the molecule is O=[N+]([O-])c1c(Oc2ccc(Br)c3cccnc23)ncnc1Sc1ccc(Cl)cc1. The Labute approximate surface area is 182 Å². The number of rotatable bonds is 5. The van der Waals surface area contributed by atoms with Crippen LogP contribution < -0.4 is 4.74 Å². The summed E-state index contributed by atoms with van der Waals surface area (Å²) < 4.78 is 6.66. The van der Waals surface area contributed by atoms with Gasteiger partial charge in [0.05, 0.1) is 4.92 Å². The van der Waals surface area contributed by atoms with Crippen LogP contribution in [-0.2, 0) is 0 Å². The fraction of sp³-hybridized carbons (Fsp3) is 0. The number of nitro groups is 1.